The van der Waals surface area contributed by atoms with Gasteiger partial charge in [0, 0.05) is 12.5 Å². The second-order valence-electron chi connectivity index (χ2n) is 7.51. The number of aromatic hydroxyl groups is 1. The summed E-state index contributed by atoms with van der Waals surface area (Å²) in [6.07, 6.45) is 3.19. The Balaban J connectivity index is 1.65. The lowest BCUT2D eigenvalue weighted by Crippen LogP contribution is -2.28. The van der Waals surface area contributed by atoms with E-state index in [-0.39, 0.29) is 29.0 Å². The van der Waals surface area contributed by atoms with Gasteiger partial charge in [-0.05, 0) is 60.6 Å². The molecule has 3 aromatic rings. The molecule has 2 N–H and O–H groups in total. The summed E-state index contributed by atoms with van der Waals surface area (Å²) in [6, 6.07) is 21.9. The molecule has 0 radical (unpaired) electrons. The normalized spacial score (nSPS) is 11.8. The van der Waals surface area contributed by atoms with Gasteiger partial charge in [-0.3, -0.25) is 4.79 Å². The molecule has 0 aliphatic carbocycles. The fourth-order valence-electron chi connectivity index (χ4n) is 3.67. The molecule has 0 bridgehead atoms. The van der Waals surface area contributed by atoms with Crippen molar-refractivity contribution < 1.29 is 14.3 Å². The first kappa shape index (κ1) is 21.6. The molecule has 3 nitrogen and oxygen atoms in total. The van der Waals surface area contributed by atoms with Gasteiger partial charge in [-0.15, -0.1) is 0 Å². The number of phenols is 1. The number of nitrogens with one attached hydrogen (secondary N) is 1. The van der Waals surface area contributed by atoms with Crippen LogP contribution in [-0.4, -0.2) is 17.6 Å². The summed E-state index contributed by atoms with van der Waals surface area (Å²) in [5.74, 6) is -0.372. The zero-order valence-electron chi connectivity index (χ0n) is 17.3. The minimum atomic E-state index is -0.296. The summed E-state index contributed by atoms with van der Waals surface area (Å²) in [5, 5.41) is 12.8. The van der Waals surface area contributed by atoms with Gasteiger partial charge in [0.2, 0.25) is 0 Å². The van der Waals surface area contributed by atoms with Crippen LogP contribution in [0, 0.1) is 5.82 Å². The average Bonchev–Trinajstić information content (AvgIpc) is 2.78. The SMILES string of the molecule is CCc1ccc(F)c(CCCC(CNC(=O)c2ccccc2O)c2ccccc2)c1. The van der Waals surface area contributed by atoms with Crippen LogP contribution < -0.4 is 5.32 Å². The molecule has 0 saturated carbocycles. The van der Waals surface area contributed by atoms with Crippen LogP contribution in [0.25, 0.3) is 0 Å². The zero-order chi connectivity index (χ0) is 21.3. The number of para-hydroxylation sites is 1. The Hall–Kier alpha value is -3.14. The second-order valence-corrected chi connectivity index (χ2v) is 7.51. The van der Waals surface area contributed by atoms with Gasteiger partial charge < -0.3 is 10.4 Å². The van der Waals surface area contributed by atoms with Gasteiger partial charge in [0.1, 0.15) is 11.6 Å². The van der Waals surface area contributed by atoms with E-state index in [1.54, 1.807) is 24.3 Å². The summed E-state index contributed by atoms with van der Waals surface area (Å²) in [7, 11) is 0. The van der Waals surface area contributed by atoms with E-state index in [0.717, 1.165) is 36.0 Å². The molecule has 0 aromatic heterocycles. The van der Waals surface area contributed by atoms with E-state index in [1.165, 1.54) is 6.07 Å². The molecule has 1 atom stereocenters. The Morgan fingerprint density at radius 3 is 2.50 bits per heavy atom. The second kappa shape index (κ2) is 10.6. The number of hydrogen-bond acceptors (Lipinski definition) is 2. The van der Waals surface area contributed by atoms with E-state index in [9.17, 15) is 14.3 Å². The van der Waals surface area contributed by atoms with Crippen LogP contribution in [0.5, 0.6) is 5.75 Å². The Kier molecular flexibility index (Phi) is 7.61. The largest absolute Gasteiger partial charge is 0.507 e. The Morgan fingerprint density at radius 1 is 1.03 bits per heavy atom. The third kappa shape index (κ3) is 5.69. The monoisotopic (exact) mass is 405 g/mol. The van der Waals surface area contributed by atoms with Crippen molar-refractivity contribution in [3.8, 4) is 5.75 Å². The first-order valence-electron chi connectivity index (χ1n) is 10.5. The lowest BCUT2D eigenvalue weighted by molar-refractivity contribution is 0.0948. The van der Waals surface area contributed by atoms with Crippen molar-refractivity contribution in [3.63, 3.8) is 0 Å². The molecule has 0 saturated heterocycles. The first-order chi connectivity index (χ1) is 14.6. The van der Waals surface area contributed by atoms with E-state index in [0.29, 0.717) is 13.0 Å². The van der Waals surface area contributed by atoms with Gasteiger partial charge in [-0.1, -0.05) is 61.5 Å². The molecule has 4 heteroatoms. The number of amides is 1. The fraction of sp³-hybridized carbons (Fsp3) is 0.269. The lowest BCUT2D eigenvalue weighted by Gasteiger charge is -2.19. The van der Waals surface area contributed by atoms with Crippen molar-refractivity contribution in [2.24, 2.45) is 0 Å². The van der Waals surface area contributed by atoms with E-state index in [2.05, 4.69) is 24.4 Å². The highest BCUT2D eigenvalue weighted by atomic mass is 19.1. The first-order valence-corrected chi connectivity index (χ1v) is 10.5. The Bertz CT molecular complexity index is 972. The smallest absolute Gasteiger partial charge is 0.255 e. The number of aryl methyl sites for hydroxylation is 2. The summed E-state index contributed by atoms with van der Waals surface area (Å²) in [5.41, 5.74) is 3.29. The molecule has 1 amide bonds. The van der Waals surface area contributed by atoms with E-state index in [1.807, 2.05) is 30.3 Å². The predicted molar refractivity (Wildman–Crippen MR) is 118 cm³/mol. The third-order valence-electron chi connectivity index (χ3n) is 5.45. The minimum absolute atomic E-state index is 0.0301. The number of phenolic OH excluding ortho intramolecular Hbond substituents is 1. The topological polar surface area (TPSA) is 49.3 Å². The highest BCUT2D eigenvalue weighted by Gasteiger charge is 2.16. The lowest BCUT2D eigenvalue weighted by atomic mass is 9.92. The quantitative estimate of drug-likeness (QED) is 0.485. The highest BCUT2D eigenvalue weighted by molar-refractivity contribution is 5.96. The van der Waals surface area contributed by atoms with Crippen LogP contribution in [0.2, 0.25) is 0 Å². The molecule has 0 aliphatic heterocycles. The van der Waals surface area contributed by atoms with Crippen molar-refractivity contribution in [3.05, 3.63) is 101 Å². The molecular formula is C26H28FNO2. The minimum Gasteiger partial charge on any atom is -0.507 e. The van der Waals surface area contributed by atoms with Crippen molar-refractivity contribution >= 4 is 5.91 Å². The summed E-state index contributed by atoms with van der Waals surface area (Å²) in [4.78, 5) is 12.5. The van der Waals surface area contributed by atoms with E-state index >= 15 is 0 Å². The fourth-order valence-corrected chi connectivity index (χ4v) is 3.67. The maximum absolute atomic E-state index is 14.2. The maximum Gasteiger partial charge on any atom is 0.255 e. The van der Waals surface area contributed by atoms with Crippen LogP contribution in [0.15, 0.2) is 72.8 Å². The molecule has 3 rings (SSSR count). The predicted octanol–water partition coefficient (Wildman–Crippen LogP) is 5.63. The molecular weight excluding hydrogens is 377 g/mol. The number of carbonyl (C=O) groups is 1. The molecule has 0 heterocycles. The van der Waals surface area contributed by atoms with E-state index in [4.69, 9.17) is 0 Å². The van der Waals surface area contributed by atoms with Crippen LogP contribution in [0.3, 0.4) is 0 Å². The van der Waals surface area contributed by atoms with Gasteiger partial charge >= 0.3 is 0 Å². The van der Waals surface area contributed by atoms with Crippen LogP contribution in [0.1, 0.15) is 52.7 Å². The third-order valence-corrected chi connectivity index (χ3v) is 5.45. The van der Waals surface area contributed by atoms with Crippen molar-refractivity contribution in [1.82, 2.24) is 5.32 Å². The van der Waals surface area contributed by atoms with E-state index < -0.39 is 0 Å². The summed E-state index contributed by atoms with van der Waals surface area (Å²) < 4.78 is 14.2. The average molecular weight is 406 g/mol. The molecule has 1 unspecified atom stereocenters. The zero-order valence-corrected chi connectivity index (χ0v) is 17.3. The van der Waals surface area contributed by atoms with Crippen molar-refractivity contribution in [1.29, 1.82) is 0 Å². The maximum atomic E-state index is 14.2. The van der Waals surface area contributed by atoms with Gasteiger partial charge in [0.25, 0.3) is 5.91 Å². The number of benzene rings is 3. The number of hydrogen-bond donors (Lipinski definition) is 2. The van der Waals surface area contributed by atoms with Gasteiger partial charge in [0.05, 0.1) is 5.56 Å². The number of rotatable bonds is 9. The summed E-state index contributed by atoms with van der Waals surface area (Å²) >= 11 is 0. The highest BCUT2D eigenvalue weighted by Crippen LogP contribution is 2.23. The standard InChI is InChI=1S/C26H28FNO2/c1-2-19-15-16-24(27)21(17-19)11-8-12-22(20-9-4-3-5-10-20)18-28-26(30)23-13-6-7-14-25(23)29/h3-7,9-10,13-17,22,29H,2,8,11-12,18H2,1H3,(H,28,30). The molecule has 156 valence electrons. The molecule has 0 spiro atoms. The molecule has 0 fully saturated rings. The van der Waals surface area contributed by atoms with Gasteiger partial charge in [-0.2, -0.15) is 0 Å². The van der Waals surface area contributed by atoms with Crippen LogP contribution in [0.4, 0.5) is 4.39 Å². The number of halogens is 1. The summed E-state index contributed by atoms with van der Waals surface area (Å²) in [6.45, 7) is 2.52. The van der Waals surface area contributed by atoms with Gasteiger partial charge in [-0.25, -0.2) is 4.39 Å². The molecule has 3 aromatic carbocycles. The number of carbonyl (C=O) groups excluding carboxylic acids is 1. The van der Waals surface area contributed by atoms with Gasteiger partial charge in [0.15, 0.2) is 0 Å². The Morgan fingerprint density at radius 2 is 1.77 bits per heavy atom. The molecule has 30 heavy (non-hydrogen) atoms. The molecule has 0 aliphatic rings. The van der Waals surface area contributed by atoms with Crippen molar-refractivity contribution in [2.45, 2.75) is 38.5 Å². The van der Waals surface area contributed by atoms with Crippen LogP contribution in [-0.2, 0) is 12.8 Å². The van der Waals surface area contributed by atoms with Crippen LogP contribution >= 0.6 is 0 Å². The Labute approximate surface area is 177 Å². The van der Waals surface area contributed by atoms with Crippen molar-refractivity contribution in [2.75, 3.05) is 6.54 Å².